The highest BCUT2D eigenvalue weighted by atomic mass is 16.3. The first kappa shape index (κ1) is 25.2. The van der Waals surface area contributed by atoms with E-state index in [4.69, 9.17) is 0 Å². The molecule has 2 aromatic rings. The van der Waals surface area contributed by atoms with Gasteiger partial charge in [0.1, 0.15) is 0 Å². The lowest BCUT2D eigenvalue weighted by Crippen LogP contribution is -2.50. The summed E-state index contributed by atoms with van der Waals surface area (Å²) in [5, 5.41) is 10.3. The fourth-order valence-corrected chi connectivity index (χ4v) is 9.72. The van der Waals surface area contributed by atoms with E-state index < -0.39 is 0 Å². The Hall–Kier alpha value is -2.12. The van der Waals surface area contributed by atoms with Gasteiger partial charge in [-0.05, 0) is 115 Å². The molecule has 0 saturated heterocycles. The van der Waals surface area contributed by atoms with Gasteiger partial charge in [-0.2, -0.15) is 0 Å². The molecule has 1 nitrogen and oxygen atoms in total. The number of fused-ring (bicyclic) bond motifs is 5. The molecule has 196 valence electrons. The van der Waals surface area contributed by atoms with Gasteiger partial charge < -0.3 is 5.11 Å². The number of aliphatic hydroxyl groups is 1. The van der Waals surface area contributed by atoms with Gasteiger partial charge >= 0.3 is 0 Å². The number of aliphatic hydroxyl groups excluding tert-OH is 1. The topological polar surface area (TPSA) is 20.2 Å². The molecular formula is C36H46O. The Bertz CT molecular complexity index is 1100. The van der Waals surface area contributed by atoms with Crippen LogP contribution in [0.15, 0.2) is 78.4 Å². The number of allylic oxidation sites excluding steroid dienone is 2. The van der Waals surface area contributed by atoms with E-state index in [1.54, 1.807) is 5.57 Å². The van der Waals surface area contributed by atoms with E-state index in [1.807, 2.05) is 0 Å². The normalized spacial score (nSPS) is 37.5. The zero-order chi connectivity index (χ0) is 25.6. The van der Waals surface area contributed by atoms with Crippen LogP contribution in [0.1, 0.15) is 89.7 Å². The molecule has 0 radical (unpaired) electrons. The van der Waals surface area contributed by atoms with E-state index >= 15 is 0 Å². The average Bonchev–Trinajstić information content (AvgIpc) is 3.28. The van der Waals surface area contributed by atoms with Crippen molar-refractivity contribution in [3.63, 3.8) is 0 Å². The molecule has 0 aromatic heterocycles. The monoisotopic (exact) mass is 494 g/mol. The number of hydrogen-bond donors (Lipinski definition) is 1. The highest BCUT2D eigenvalue weighted by Gasteiger charge is 2.59. The summed E-state index contributed by atoms with van der Waals surface area (Å²) in [5.41, 5.74) is 6.45. The molecule has 3 saturated carbocycles. The van der Waals surface area contributed by atoms with Gasteiger partial charge in [-0.3, -0.25) is 0 Å². The molecule has 2 aromatic carbocycles. The van der Waals surface area contributed by atoms with Gasteiger partial charge in [-0.15, -0.1) is 0 Å². The van der Waals surface area contributed by atoms with Crippen molar-refractivity contribution in [1.29, 1.82) is 0 Å². The average molecular weight is 495 g/mol. The third-order valence-electron chi connectivity index (χ3n) is 11.7. The molecule has 6 rings (SSSR count). The number of hydrogen-bond acceptors (Lipinski definition) is 1. The summed E-state index contributed by atoms with van der Waals surface area (Å²) < 4.78 is 0. The predicted molar refractivity (Wildman–Crippen MR) is 155 cm³/mol. The van der Waals surface area contributed by atoms with Crippen molar-refractivity contribution in [2.45, 2.75) is 84.7 Å². The SMILES string of the molecule is C[C@H](CC=C(c1ccccc1)c1ccccc1)[C@H]1CC[C@H]2[C@@H]3CC=C4CC(O)CC[C@]4(C)[C@H]3CC[C@]12C. The van der Waals surface area contributed by atoms with Gasteiger partial charge in [-0.1, -0.05) is 99.2 Å². The second kappa shape index (κ2) is 9.88. The molecule has 8 atom stereocenters. The fourth-order valence-electron chi connectivity index (χ4n) is 9.72. The summed E-state index contributed by atoms with van der Waals surface area (Å²) in [6.45, 7) is 7.77. The smallest absolute Gasteiger partial charge is 0.0577 e. The second-order valence-electron chi connectivity index (χ2n) is 13.4. The van der Waals surface area contributed by atoms with E-state index in [0.717, 1.165) is 42.9 Å². The molecule has 0 aliphatic heterocycles. The van der Waals surface area contributed by atoms with Crippen molar-refractivity contribution < 1.29 is 5.11 Å². The zero-order valence-corrected chi connectivity index (χ0v) is 23.2. The molecule has 0 spiro atoms. The van der Waals surface area contributed by atoms with Crippen molar-refractivity contribution in [2.75, 3.05) is 0 Å². The van der Waals surface area contributed by atoms with Crippen molar-refractivity contribution >= 4 is 5.57 Å². The molecule has 0 heterocycles. The van der Waals surface area contributed by atoms with E-state index in [-0.39, 0.29) is 6.10 Å². The minimum atomic E-state index is -0.105. The van der Waals surface area contributed by atoms with Crippen molar-refractivity contribution in [2.24, 2.45) is 40.4 Å². The molecule has 3 fully saturated rings. The van der Waals surface area contributed by atoms with Crippen molar-refractivity contribution in [3.8, 4) is 0 Å². The first-order valence-electron chi connectivity index (χ1n) is 15.1. The Morgan fingerprint density at radius 3 is 2.24 bits per heavy atom. The minimum absolute atomic E-state index is 0.105. The first-order chi connectivity index (χ1) is 17.9. The molecule has 0 bridgehead atoms. The summed E-state index contributed by atoms with van der Waals surface area (Å²) in [7, 11) is 0. The van der Waals surface area contributed by atoms with Crippen LogP contribution in [-0.2, 0) is 0 Å². The van der Waals surface area contributed by atoms with Crippen LogP contribution >= 0.6 is 0 Å². The Kier molecular flexibility index (Phi) is 6.72. The van der Waals surface area contributed by atoms with E-state index in [2.05, 4.69) is 93.6 Å². The molecule has 0 amide bonds. The third kappa shape index (κ3) is 4.36. The highest BCUT2D eigenvalue weighted by Crippen LogP contribution is 2.67. The van der Waals surface area contributed by atoms with E-state index in [9.17, 15) is 5.11 Å². The lowest BCUT2D eigenvalue weighted by atomic mass is 9.47. The van der Waals surface area contributed by atoms with E-state index in [0.29, 0.717) is 16.7 Å². The van der Waals surface area contributed by atoms with Crippen LogP contribution in [0.25, 0.3) is 5.57 Å². The predicted octanol–water partition coefficient (Wildman–Crippen LogP) is 9.08. The summed E-state index contributed by atoms with van der Waals surface area (Å²) in [6.07, 6.45) is 16.2. The maximum Gasteiger partial charge on any atom is 0.0577 e. The van der Waals surface area contributed by atoms with Gasteiger partial charge in [0.15, 0.2) is 0 Å². The molecule has 4 aliphatic carbocycles. The summed E-state index contributed by atoms with van der Waals surface area (Å²) in [5.74, 6) is 4.05. The Morgan fingerprint density at radius 1 is 0.892 bits per heavy atom. The second-order valence-corrected chi connectivity index (χ2v) is 13.4. The molecular weight excluding hydrogens is 448 g/mol. The van der Waals surface area contributed by atoms with Crippen LogP contribution in [0.5, 0.6) is 0 Å². The van der Waals surface area contributed by atoms with Crippen LogP contribution in [0.2, 0.25) is 0 Å². The van der Waals surface area contributed by atoms with Gasteiger partial charge in [0.2, 0.25) is 0 Å². The lowest BCUT2D eigenvalue weighted by Gasteiger charge is -2.58. The first-order valence-corrected chi connectivity index (χ1v) is 15.1. The zero-order valence-electron chi connectivity index (χ0n) is 23.2. The summed E-state index contributed by atoms with van der Waals surface area (Å²) >= 11 is 0. The largest absolute Gasteiger partial charge is 0.393 e. The van der Waals surface area contributed by atoms with Gasteiger partial charge in [0.05, 0.1) is 6.10 Å². The van der Waals surface area contributed by atoms with Crippen LogP contribution in [0, 0.1) is 40.4 Å². The van der Waals surface area contributed by atoms with Crippen molar-refractivity contribution in [3.05, 3.63) is 89.5 Å². The quantitative estimate of drug-likeness (QED) is 0.411. The summed E-state index contributed by atoms with van der Waals surface area (Å²) in [4.78, 5) is 0. The number of benzene rings is 2. The number of rotatable bonds is 5. The maximum atomic E-state index is 10.3. The minimum Gasteiger partial charge on any atom is -0.393 e. The van der Waals surface area contributed by atoms with Gasteiger partial charge in [0, 0.05) is 0 Å². The van der Waals surface area contributed by atoms with Crippen LogP contribution in [-0.4, -0.2) is 11.2 Å². The van der Waals surface area contributed by atoms with Crippen molar-refractivity contribution in [1.82, 2.24) is 0 Å². The molecule has 4 aliphatic rings. The van der Waals surface area contributed by atoms with E-state index in [1.165, 1.54) is 55.2 Å². The Balaban J connectivity index is 1.22. The van der Waals surface area contributed by atoms with Crippen LogP contribution < -0.4 is 0 Å². The van der Waals surface area contributed by atoms with Gasteiger partial charge in [-0.25, -0.2) is 0 Å². The summed E-state index contributed by atoms with van der Waals surface area (Å²) in [6, 6.07) is 21.9. The van der Waals surface area contributed by atoms with Crippen LogP contribution in [0.4, 0.5) is 0 Å². The third-order valence-corrected chi connectivity index (χ3v) is 11.7. The molecule has 37 heavy (non-hydrogen) atoms. The molecule has 1 unspecified atom stereocenters. The standard InChI is InChI=1S/C36H46O/c1-25(14-16-30(26-10-6-4-7-11-26)27-12-8-5-9-13-27)32-18-19-33-31-17-15-28-24-29(37)20-22-35(28,2)34(31)21-23-36(32,33)3/h4-13,15-16,25,29,31-34,37H,14,17-24H2,1-3H3/t25-,29?,31+,32-,33+,34+,35+,36-/m1/s1. The lowest BCUT2D eigenvalue weighted by molar-refractivity contribution is -0.0565. The highest BCUT2D eigenvalue weighted by molar-refractivity contribution is 5.79. The van der Waals surface area contributed by atoms with Gasteiger partial charge in [0.25, 0.3) is 0 Å². The maximum absolute atomic E-state index is 10.3. The molecule has 1 N–H and O–H groups in total. The fraction of sp³-hybridized carbons (Fsp3) is 0.556. The van der Waals surface area contributed by atoms with Crippen LogP contribution in [0.3, 0.4) is 0 Å². The Morgan fingerprint density at radius 2 is 1.57 bits per heavy atom. The molecule has 1 heteroatoms. The Labute approximate surface area is 225 Å².